The molecule has 10 nitrogen and oxygen atoms in total. The summed E-state index contributed by atoms with van der Waals surface area (Å²) in [6, 6.07) is 8.27. The van der Waals surface area contributed by atoms with Crippen LogP contribution in [0.5, 0.6) is 5.75 Å². The molecule has 1 aromatic carbocycles. The number of para-hydroxylation sites is 1. The first-order valence-electron chi connectivity index (χ1n) is 16.0. The van der Waals surface area contributed by atoms with Gasteiger partial charge in [-0.15, -0.1) is 0 Å². The fraction of sp³-hybridized carbons (Fsp3) is 0.688. The van der Waals surface area contributed by atoms with Crippen LogP contribution in [-0.2, 0) is 14.4 Å². The van der Waals surface area contributed by atoms with Crippen molar-refractivity contribution in [3.8, 4) is 5.75 Å². The molecule has 3 aliphatic rings. The van der Waals surface area contributed by atoms with Gasteiger partial charge in [-0.2, -0.15) is 0 Å². The van der Waals surface area contributed by atoms with Gasteiger partial charge in [-0.3, -0.25) is 9.59 Å². The largest absolute Gasteiger partial charge is 0.494 e. The number of unbranched alkanes of at least 4 members (excludes halogenated alkanes) is 7. The molecule has 2 N–H and O–H groups in total. The number of likely N-dealkylation sites (tertiary alicyclic amines) is 1. The summed E-state index contributed by atoms with van der Waals surface area (Å²) in [5.74, 6) is -0.783. The maximum Gasteiger partial charge on any atom is 0.327 e. The van der Waals surface area contributed by atoms with Crippen LogP contribution in [0.1, 0.15) is 77.0 Å². The van der Waals surface area contributed by atoms with Crippen molar-refractivity contribution in [2.75, 3.05) is 45.9 Å². The summed E-state index contributed by atoms with van der Waals surface area (Å²) in [5.41, 5.74) is 0. The first-order chi connectivity index (χ1) is 20.5. The smallest absolute Gasteiger partial charge is 0.327 e. The molecule has 3 fully saturated rings. The van der Waals surface area contributed by atoms with Crippen molar-refractivity contribution in [1.82, 2.24) is 20.0 Å². The quantitative estimate of drug-likeness (QED) is 0.235. The second kappa shape index (κ2) is 16.5. The first-order valence-corrected chi connectivity index (χ1v) is 16.0. The molecule has 0 unspecified atom stereocenters. The number of carbonyl (C=O) groups excluding carboxylic acids is 3. The van der Waals surface area contributed by atoms with Crippen LogP contribution in [0, 0.1) is 11.8 Å². The first kappa shape index (κ1) is 31.8. The number of piperazine rings is 1. The Morgan fingerprint density at radius 1 is 0.833 bits per heavy atom. The number of carboxylic acids is 1. The second-order valence-electron chi connectivity index (χ2n) is 11.9. The number of carboxylic acid groups (broad SMARTS) is 1. The molecule has 4 rings (SSSR count). The predicted molar refractivity (Wildman–Crippen MR) is 159 cm³/mol. The normalized spacial score (nSPS) is 21.2. The molecular formula is C32H48N4O6. The lowest BCUT2D eigenvalue weighted by Crippen LogP contribution is -2.69. The van der Waals surface area contributed by atoms with E-state index in [1.165, 1.54) is 30.6 Å². The molecule has 0 spiro atoms. The highest BCUT2D eigenvalue weighted by Crippen LogP contribution is 2.35. The third kappa shape index (κ3) is 8.93. The topological polar surface area (TPSA) is 119 Å². The maximum atomic E-state index is 13.1. The highest BCUT2D eigenvalue weighted by molar-refractivity contribution is 6.07. The van der Waals surface area contributed by atoms with E-state index in [1.807, 2.05) is 30.3 Å². The number of urea groups is 1. The molecule has 0 bridgehead atoms. The van der Waals surface area contributed by atoms with E-state index in [0.717, 1.165) is 68.9 Å². The van der Waals surface area contributed by atoms with Gasteiger partial charge in [-0.05, 0) is 63.2 Å². The Labute approximate surface area is 249 Å². The van der Waals surface area contributed by atoms with Crippen LogP contribution in [0.3, 0.4) is 0 Å². The van der Waals surface area contributed by atoms with E-state index in [1.54, 1.807) is 4.90 Å². The zero-order chi connectivity index (χ0) is 29.7. The van der Waals surface area contributed by atoms with Gasteiger partial charge in [0.1, 0.15) is 5.75 Å². The molecule has 232 valence electrons. The second-order valence-corrected chi connectivity index (χ2v) is 11.9. The zero-order valence-corrected chi connectivity index (χ0v) is 24.9. The summed E-state index contributed by atoms with van der Waals surface area (Å²) in [4.78, 5) is 54.9. The monoisotopic (exact) mass is 584 g/mol. The number of rotatable bonds is 15. The van der Waals surface area contributed by atoms with Gasteiger partial charge in [0, 0.05) is 32.6 Å². The number of piperidine rings is 1. The molecule has 3 saturated heterocycles. The van der Waals surface area contributed by atoms with Gasteiger partial charge in [0.25, 0.3) is 0 Å². The Balaban J connectivity index is 1.04. The molecule has 3 heterocycles. The fourth-order valence-corrected chi connectivity index (χ4v) is 6.35. The minimum Gasteiger partial charge on any atom is -0.494 e. The van der Waals surface area contributed by atoms with Gasteiger partial charge >= 0.3 is 12.0 Å². The summed E-state index contributed by atoms with van der Waals surface area (Å²) in [6.45, 7) is 3.97. The van der Waals surface area contributed by atoms with Crippen LogP contribution < -0.4 is 10.1 Å². The molecule has 0 saturated carbocycles. The lowest BCUT2D eigenvalue weighted by atomic mass is 9.78. The molecule has 0 aromatic heterocycles. The van der Waals surface area contributed by atoms with Crippen LogP contribution in [-0.4, -0.2) is 95.5 Å². The Hall–Kier alpha value is -3.14. The van der Waals surface area contributed by atoms with Crippen LogP contribution in [0.25, 0.3) is 0 Å². The molecular weight excluding hydrogens is 536 g/mol. The van der Waals surface area contributed by atoms with Crippen molar-refractivity contribution >= 4 is 23.8 Å². The number of hydrogen-bond donors (Lipinski definition) is 2. The molecule has 42 heavy (non-hydrogen) atoms. The summed E-state index contributed by atoms with van der Waals surface area (Å²) in [5, 5.41) is 13.1. The third-order valence-electron chi connectivity index (χ3n) is 8.92. The van der Waals surface area contributed by atoms with Crippen molar-refractivity contribution < 1.29 is 29.0 Å². The van der Waals surface area contributed by atoms with Gasteiger partial charge in [-0.25, -0.2) is 14.5 Å². The van der Waals surface area contributed by atoms with Crippen LogP contribution >= 0.6 is 0 Å². The maximum absolute atomic E-state index is 13.1. The molecule has 1 aromatic rings. The van der Waals surface area contributed by atoms with Gasteiger partial charge < -0.3 is 25.0 Å². The molecule has 4 amide bonds. The van der Waals surface area contributed by atoms with E-state index in [2.05, 4.69) is 5.32 Å². The molecule has 0 radical (unpaired) electrons. The van der Waals surface area contributed by atoms with Crippen LogP contribution in [0.2, 0.25) is 0 Å². The van der Waals surface area contributed by atoms with E-state index < -0.39 is 24.0 Å². The lowest BCUT2D eigenvalue weighted by Gasteiger charge is -2.47. The Morgan fingerprint density at radius 3 is 2.07 bits per heavy atom. The molecule has 3 aliphatic heterocycles. The van der Waals surface area contributed by atoms with E-state index >= 15 is 0 Å². The molecule has 2 atom stereocenters. The number of aliphatic carboxylic acids is 1. The average molecular weight is 585 g/mol. The van der Waals surface area contributed by atoms with Gasteiger partial charge in [0.2, 0.25) is 11.8 Å². The standard InChI is InChI=1S/C32H48N4O6/c37-28(14-10-5-3-1-2-4-6-11-23-42-26-12-8-7-9-13-26)34-19-21-35(22-20-34)32(41)36-29(31(39)40)27(30(36)38)24-25-15-17-33-18-16-25/h7-9,12-13,25,27,29,33H,1-6,10-11,14-24H2,(H,39,40)/t27-,29+/m1/s1. The van der Waals surface area contributed by atoms with Gasteiger partial charge in [-0.1, -0.05) is 56.7 Å². The number of benzene rings is 1. The number of β-lactam (4-membered cyclic amide) rings is 1. The number of nitrogens with one attached hydrogen (secondary N) is 1. The SMILES string of the molecule is O=C(O)[C@@H]1[C@@H](CC2CCNCC2)C(=O)N1C(=O)N1CCN(C(=O)CCCCCCCCCCOc2ccccc2)CC1. The zero-order valence-electron chi connectivity index (χ0n) is 24.9. The number of carbonyl (C=O) groups is 4. The highest BCUT2D eigenvalue weighted by Gasteiger charge is 2.56. The predicted octanol–water partition coefficient (Wildman–Crippen LogP) is 4.14. The number of imide groups is 1. The minimum absolute atomic E-state index is 0.103. The number of nitrogens with zero attached hydrogens (tertiary/aromatic N) is 3. The summed E-state index contributed by atoms with van der Waals surface area (Å²) < 4.78 is 5.72. The van der Waals surface area contributed by atoms with Crippen molar-refractivity contribution in [3.05, 3.63) is 30.3 Å². The molecule has 0 aliphatic carbocycles. The van der Waals surface area contributed by atoms with E-state index in [0.29, 0.717) is 44.9 Å². The van der Waals surface area contributed by atoms with Gasteiger partial charge in [0.15, 0.2) is 6.04 Å². The summed E-state index contributed by atoms with van der Waals surface area (Å²) in [6.07, 6.45) is 11.7. The van der Waals surface area contributed by atoms with Crippen molar-refractivity contribution in [2.24, 2.45) is 11.8 Å². The number of ether oxygens (including phenoxy) is 1. The van der Waals surface area contributed by atoms with Crippen LogP contribution in [0.15, 0.2) is 30.3 Å². The fourth-order valence-electron chi connectivity index (χ4n) is 6.35. The number of amides is 4. The Kier molecular flexibility index (Phi) is 12.5. The third-order valence-corrected chi connectivity index (χ3v) is 8.92. The average Bonchev–Trinajstić information content (AvgIpc) is 3.01. The van der Waals surface area contributed by atoms with Crippen molar-refractivity contribution in [3.63, 3.8) is 0 Å². The van der Waals surface area contributed by atoms with Crippen molar-refractivity contribution in [2.45, 2.75) is 83.1 Å². The van der Waals surface area contributed by atoms with E-state index in [-0.39, 0.29) is 11.8 Å². The van der Waals surface area contributed by atoms with Gasteiger partial charge in [0.05, 0.1) is 12.5 Å². The lowest BCUT2D eigenvalue weighted by molar-refractivity contribution is -0.167. The Bertz CT molecular complexity index is 1020. The van der Waals surface area contributed by atoms with Crippen LogP contribution in [0.4, 0.5) is 4.79 Å². The van der Waals surface area contributed by atoms with E-state index in [9.17, 15) is 24.3 Å². The molecule has 10 heteroatoms. The highest BCUT2D eigenvalue weighted by atomic mass is 16.5. The Morgan fingerprint density at radius 2 is 1.43 bits per heavy atom. The summed E-state index contributed by atoms with van der Waals surface area (Å²) in [7, 11) is 0. The van der Waals surface area contributed by atoms with Crippen molar-refractivity contribution in [1.29, 1.82) is 0 Å². The van der Waals surface area contributed by atoms with E-state index in [4.69, 9.17) is 4.74 Å². The summed E-state index contributed by atoms with van der Waals surface area (Å²) >= 11 is 0. The number of hydrogen-bond acceptors (Lipinski definition) is 6. The minimum atomic E-state index is -1.12.